The van der Waals surface area contributed by atoms with Gasteiger partial charge in [-0.15, -0.1) is 0 Å². The summed E-state index contributed by atoms with van der Waals surface area (Å²) < 4.78 is 0. The first-order chi connectivity index (χ1) is 12.2. The SMILES string of the molecule is CCN1CCN(c2cc(CNC(=O)N[C@@H]3C=CCCC3)ccn2)CC1. The van der Waals surface area contributed by atoms with Crippen molar-refractivity contribution in [1.29, 1.82) is 0 Å². The molecule has 1 saturated heterocycles. The van der Waals surface area contributed by atoms with Crippen LogP contribution < -0.4 is 15.5 Å². The van der Waals surface area contributed by atoms with E-state index in [-0.39, 0.29) is 12.1 Å². The highest BCUT2D eigenvalue weighted by atomic mass is 16.2. The van der Waals surface area contributed by atoms with E-state index in [1.165, 1.54) is 0 Å². The van der Waals surface area contributed by atoms with Gasteiger partial charge in [-0.3, -0.25) is 0 Å². The van der Waals surface area contributed by atoms with Gasteiger partial charge in [0.1, 0.15) is 5.82 Å². The summed E-state index contributed by atoms with van der Waals surface area (Å²) in [6.07, 6.45) is 9.34. The van der Waals surface area contributed by atoms with Crippen molar-refractivity contribution < 1.29 is 4.79 Å². The lowest BCUT2D eigenvalue weighted by atomic mass is 10.0. The Morgan fingerprint density at radius 3 is 2.88 bits per heavy atom. The average Bonchev–Trinajstić information content (AvgIpc) is 2.67. The molecule has 0 spiro atoms. The first-order valence-corrected chi connectivity index (χ1v) is 9.38. The van der Waals surface area contributed by atoms with Crippen LogP contribution in [0.3, 0.4) is 0 Å². The van der Waals surface area contributed by atoms with Crippen LogP contribution in [-0.4, -0.2) is 54.7 Å². The van der Waals surface area contributed by atoms with Crippen molar-refractivity contribution in [3.63, 3.8) is 0 Å². The maximum atomic E-state index is 12.1. The molecule has 2 heterocycles. The summed E-state index contributed by atoms with van der Waals surface area (Å²) in [5.41, 5.74) is 1.08. The summed E-state index contributed by atoms with van der Waals surface area (Å²) >= 11 is 0. The molecular weight excluding hydrogens is 314 g/mol. The van der Waals surface area contributed by atoms with Gasteiger partial charge in [0.15, 0.2) is 0 Å². The second kappa shape index (κ2) is 8.85. The Hall–Kier alpha value is -2.08. The predicted octanol–water partition coefficient (Wildman–Crippen LogP) is 2.13. The molecule has 0 bridgehead atoms. The van der Waals surface area contributed by atoms with Gasteiger partial charge in [0.05, 0.1) is 0 Å². The topological polar surface area (TPSA) is 60.5 Å². The van der Waals surface area contributed by atoms with Crippen molar-refractivity contribution in [3.8, 4) is 0 Å². The van der Waals surface area contributed by atoms with Crippen molar-refractivity contribution >= 4 is 11.8 Å². The zero-order valence-corrected chi connectivity index (χ0v) is 15.1. The number of piperazine rings is 1. The Kier molecular flexibility index (Phi) is 6.28. The van der Waals surface area contributed by atoms with Crippen LogP contribution in [0.2, 0.25) is 0 Å². The third kappa shape index (κ3) is 5.19. The van der Waals surface area contributed by atoms with Gasteiger partial charge in [0.2, 0.25) is 0 Å². The summed E-state index contributed by atoms with van der Waals surface area (Å²) in [7, 11) is 0. The van der Waals surface area contributed by atoms with Gasteiger partial charge < -0.3 is 20.4 Å². The quantitative estimate of drug-likeness (QED) is 0.804. The first kappa shape index (κ1) is 17.7. The average molecular weight is 343 g/mol. The second-order valence-corrected chi connectivity index (χ2v) is 6.74. The van der Waals surface area contributed by atoms with Gasteiger partial charge in [0.25, 0.3) is 0 Å². The number of carbonyl (C=O) groups is 1. The van der Waals surface area contributed by atoms with Crippen molar-refractivity contribution in [2.75, 3.05) is 37.6 Å². The third-order valence-corrected chi connectivity index (χ3v) is 4.98. The van der Waals surface area contributed by atoms with E-state index in [2.05, 4.69) is 50.6 Å². The third-order valence-electron chi connectivity index (χ3n) is 4.98. The summed E-state index contributed by atoms with van der Waals surface area (Å²) in [5, 5.41) is 5.96. The standard InChI is InChI=1S/C19H29N5O/c1-2-23-10-12-24(13-11-23)18-14-16(8-9-20-18)15-21-19(25)22-17-6-4-3-5-7-17/h4,6,8-9,14,17H,2-3,5,7,10-13,15H2,1H3,(H2,21,22,25)/t17-/m1/s1. The van der Waals surface area contributed by atoms with Crippen LogP contribution >= 0.6 is 0 Å². The van der Waals surface area contributed by atoms with E-state index in [0.29, 0.717) is 6.54 Å². The Bertz CT molecular complexity index is 595. The minimum atomic E-state index is -0.105. The number of aromatic nitrogens is 1. The summed E-state index contributed by atoms with van der Waals surface area (Å²) in [4.78, 5) is 21.3. The molecule has 1 atom stereocenters. The van der Waals surface area contributed by atoms with Crippen LogP contribution in [0.4, 0.5) is 10.6 Å². The number of amides is 2. The fraction of sp³-hybridized carbons (Fsp3) is 0.579. The van der Waals surface area contributed by atoms with Crippen LogP contribution in [0.5, 0.6) is 0 Å². The number of urea groups is 1. The molecule has 1 aromatic heterocycles. The predicted molar refractivity (Wildman–Crippen MR) is 101 cm³/mol. The molecular formula is C19H29N5O. The Labute approximate surface area is 150 Å². The molecule has 136 valence electrons. The van der Waals surface area contributed by atoms with Crippen LogP contribution in [-0.2, 0) is 6.54 Å². The zero-order chi connectivity index (χ0) is 17.5. The molecule has 0 unspecified atom stereocenters. The minimum absolute atomic E-state index is 0.105. The molecule has 2 amide bonds. The van der Waals surface area contributed by atoms with E-state index in [9.17, 15) is 4.79 Å². The van der Waals surface area contributed by atoms with Crippen LogP contribution in [0.15, 0.2) is 30.5 Å². The molecule has 2 aliphatic rings. The Balaban J connectivity index is 1.49. The van der Waals surface area contributed by atoms with Crippen LogP contribution in [0, 0.1) is 0 Å². The lowest BCUT2D eigenvalue weighted by molar-refractivity contribution is 0.237. The monoisotopic (exact) mass is 343 g/mol. The zero-order valence-electron chi connectivity index (χ0n) is 15.1. The second-order valence-electron chi connectivity index (χ2n) is 6.74. The number of anilines is 1. The molecule has 1 aliphatic heterocycles. The van der Waals surface area contributed by atoms with Crippen molar-refractivity contribution in [1.82, 2.24) is 20.5 Å². The molecule has 25 heavy (non-hydrogen) atoms. The van der Waals surface area contributed by atoms with E-state index in [1.54, 1.807) is 0 Å². The number of hydrogen-bond donors (Lipinski definition) is 2. The fourth-order valence-corrected chi connectivity index (χ4v) is 3.37. The molecule has 0 radical (unpaired) electrons. The van der Waals surface area contributed by atoms with Crippen molar-refractivity contribution in [2.24, 2.45) is 0 Å². The molecule has 2 N–H and O–H groups in total. The van der Waals surface area contributed by atoms with E-state index in [4.69, 9.17) is 0 Å². The summed E-state index contributed by atoms with van der Waals surface area (Å²) in [5.74, 6) is 1.01. The van der Waals surface area contributed by atoms with Crippen LogP contribution in [0.1, 0.15) is 31.7 Å². The Morgan fingerprint density at radius 1 is 1.32 bits per heavy atom. The molecule has 0 saturated carbocycles. The van der Waals surface area contributed by atoms with E-state index in [1.807, 2.05) is 12.3 Å². The highest BCUT2D eigenvalue weighted by molar-refractivity contribution is 5.74. The fourth-order valence-electron chi connectivity index (χ4n) is 3.37. The summed E-state index contributed by atoms with van der Waals surface area (Å²) in [6.45, 7) is 8.01. The Morgan fingerprint density at radius 2 is 2.16 bits per heavy atom. The molecule has 1 aromatic rings. The lowest BCUT2D eigenvalue weighted by Gasteiger charge is -2.34. The number of rotatable bonds is 5. The van der Waals surface area contributed by atoms with Gasteiger partial charge in [-0.25, -0.2) is 9.78 Å². The van der Waals surface area contributed by atoms with E-state index >= 15 is 0 Å². The van der Waals surface area contributed by atoms with Gasteiger partial charge in [0, 0.05) is 45.0 Å². The maximum Gasteiger partial charge on any atom is 0.315 e. The maximum absolute atomic E-state index is 12.1. The molecule has 0 aromatic carbocycles. The molecule has 3 rings (SSSR count). The number of nitrogens with zero attached hydrogens (tertiary/aromatic N) is 3. The van der Waals surface area contributed by atoms with Crippen LogP contribution in [0.25, 0.3) is 0 Å². The molecule has 6 heteroatoms. The van der Waals surface area contributed by atoms with Gasteiger partial charge in [-0.1, -0.05) is 19.1 Å². The molecule has 6 nitrogen and oxygen atoms in total. The number of hydrogen-bond acceptors (Lipinski definition) is 4. The molecule has 1 fully saturated rings. The van der Waals surface area contributed by atoms with Crippen molar-refractivity contribution in [3.05, 3.63) is 36.0 Å². The van der Waals surface area contributed by atoms with E-state index in [0.717, 1.165) is 63.4 Å². The van der Waals surface area contributed by atoms with Gasteiger partial charge >= 0.3 is 6.03 Å². The number of carbonyl (C=O) groups excluding carboxylic acids is 1. The molecule has 1 aliphatic carbocycles. The number of pyridine rings is 1. The van der Waals surface area contributed by atoms with Gasteiger partial charge in [-0.2, -0.15) is 0 Å². The smallest absolute Gasteiger partial charge is 0.315 e. The lowest BCUT2D eigenvalue weighted by Crippen LogP contribution is -2.46. The highest BCUT2D eigenvalue weighted by Crippen LogP contribution is 2.15. The number of nitrogens with one attached hydrogen (secondary N) is 2. The van der Waals surface area contributed by atoms with E-state index < -0.39 is 0 Å². The van der Waals surface area contributed by atoms with Gasteiger partial charge in [-0.05, 0) is 43.5 Å². The summed E-state index contributed by atoms with van der Waals surface area (Å²) in [6, 6.07) is 4.11. The first-order valence-electron chi connectivity index (χ1n) is 9.38. The number of likely N-dealkylation sites (N-methyl/N-ethyl adjacent to an activating group) is 1. The highest BCUT2D eigenvalue weighted by Gasteiger charge is 2.17. The minimum Gasteiger partial charge on any atom is -0.354 e. The largest absolute Gasteiger partial charge is 0.354 e. The normalized spacial score (nSPS) is 21.2. The number of allylic oxidation sites excluding steroid dienone is 1. The van der Waals surface area contributed by atoms with Crippen molar-refractivity contribution in [2.45, 2.75) is 38.8 Å².